The molecule has 19 heteroatoms. The summed E-state index contributed by atoms with van der Waals surface area (Å²) in [5, 5.41) is 8.09. The van der Waals surface area contributed by atoms with Crippen LogP contribution in [0.15, 0.2) is 117 Å². The third-order valence-electron chi connectivity index (χ3n) is 10.7. The third-order valence-corrected chi connectivity index (χ3v) is 12.1. The summed E-state index contributed by atoms with van der Waals surface area (Å²) in [5.41, 5.74) is 27.6. The number of piperidine rings is 1. The predicted octanol–water partition coefficient (Wildman–Crippen LogP) is 6.67. The minimum absolute atomic E-state index is 0.0724. The number of phosphoric ester groups is 1. The van der Waals surface area contributed by atoms with Crippen LogP contribution in [-0.2, 0) is 52.2 Å². The molecule has 1 saturated carbocycles. The molecule has 0 spiro atoms. The number of allylic oxidation sites excluding steroid dienone is 1. The molecule has 1 aromatic carbocycles. The van der Waals surface area contributed by atoms with Gasteiger partial charge in [0, 0.05) is 68.2 Å². The number of aryl methyl sites for hydroxylation is 1. The molecule has 1 saturated heterocycles. The van der Waals surface area contributed by atoms with Gasteiger partial charge in [-0.25, -0.2) is 19.5 Å². The number of carbonyl (C=O) groups is 4. The van der Waals surface area contributed by atoms with Gasteiger partial charge in [0.2, 0.25) is 11.8 Å². The van der Waals surface area contributed by atoms with Crippen LogP contribution in [0.25, 0.3) is 22.0 Å². The number of hydrogen-bond donors (Lipinski definition) is 2. The number of halogens is 1. The molecule has 1 unspecified atom stereocenters. The molecule has 2 aliphatic rings. The van der Waals surface area contributed by atoms with Crippen LogP contribution in [0.2, 0.25) is 0 Å². The number of benzene rings is 1. The van der Waals surface area contributed by atoms with Crippen LogP contribution in [0, 0.1) is 5.41 Å². The Morgan fingerprint density at radius 3 is 2.37 bits per heavy atom. The number of pyridine rings is 1. The second-order valence-corrected chi connectivity index (χ2v) is 18.5. The largest absolute Gasteiger partial charge is 0.487 e. The molecule has 3 aromatic heterocycles. The molecule has 0 radical (unpaired) electrons. The molecule has 4 atom stereocenters. The van der Waals surface area contributed by atoms with Gasteiger partial charge >= 0.3 is 7.82 Å². The van der Waals surface area contributed by atoms with Gasteiger partial charge in [0.15, 0.2) is 11.6 Å². The van der Waals surface area contributed by atoms with Crippen molar-refractivity contribution >= 4 is 63.9 Å². The van der Waals surface area contributed by atoms with E-state index in [1.165, 1.54) is 11.6 Å². The monoisotopic (exact) mass is 1000 g/mol. The number of nitrogens with zero attached hydrogens (tertiary/aromatic N) is 7. The lowest BCUT2D eigenvalue weighted by Crippen LogP contribution is -2.47. The number of ketones is 2. The number of anilines is 1. The predicted molar refractivity (Wildman–Crippen MR) is 251 cm³/mol. The van der Waals surface area contributed by atoms with Crippen molar-refractivity contribution in [1.29, 1.82) is 0 Å². The second-order valence-electron chi connectivity index (χ2n) is 16.3. The highest BCUT2D eigenvalue weighted by atomic mass is 79.9. The average molecular weight is 1000 g/mol. The molecule has 17 nitrogen and oxygen atoms in total. The molecule has 4 aromatic rings. The van der Waals surface area contributed by atoms with Crippen molar-refractivity contribution in [2.24, 2.45) is 5.41 Å². The summed E-state index contributed by atoms with van der Waals surface area (Å²) in [7, 11) is -0.700. The van der Waals surface area contributed by atoms with E-state index in [0.717, 1.165) is 12.0 Å². The number of rotatable bonds is 19. The Morgan fingerprint density at radius 1 is 0.971 bits per heavy atom. The van der Waals surface area contributed by atoms with E-state index in [0.29, 0.717) is 51.2 Å². The molecule has 4 heterocycles. The van der Waals surface area contributed by atoms with Gasteiger partial charge in [0.1, 0.15) is 53.5 Å². The molecule has 6 rings (SSSR count). The first-order valence-corrected chi connectivity index (χ1v) is 23.4. The molecular weight excluding hydrogens is 955 g/mol. The highest BCUT2D eigenvalue weighted by molar-refractivity contribution is 9.10. The first kappa shape index (κ1) is 50.5. The molecule has 1 aliphatic carbocycles. The van der Waals surface area contributed by atoms with Crippen molar-refractivity contribution in [2.75, 3.05) is 39.2 Å². The van der Waals surface area contributed by atoms with Gasteiger partial charge in [-0.15, -0.1) is 0 Å². The minimum Gasteiger partial charge on any atom is -0.487 e. The van der Waals surface area contributed by atoms with Crippen LogP contribution in [0.3, 0.4) is 0 Å². The first-order chi connectivity index (χ1) is 32.5. The molecule has 1 aliphatic heterocycles. The van der Waals surface area contributed by atoms with Gasteiger partial charge in [0.25, 0.3) is 0 Å². The SMILES string of the molecule is C=C=C=C=C=C=C=C=C=C=C=C(C)OCCOP(=O)(O)OCC(=O)CCc1ncc(-c2ccc3c(c2)c(C(C)=O)nn3CC(=O)N2[C@H](C(=O)Nc3nc(Br)ccc3CN(C)C)C[C@@]3(C)C[C@@H]23)cn1. The summed E-state index contributed by atoms with van der Waals surface area (Å²) < 4.78 is 29.4. The number of likely N-dealkylation sites (tertiary alicyclic amines) is 1. The van der Waals surface area contributed by atoms with Gasteiger partial charge < -0.3 is 24.7 Å². The summed E-state index contributed by atoms with van der Waals surface area (Å²) in [5.74, 6) is -0.301. The minimum atomic E-state index is -4.55. The van der Waals surface area contributed by atoms with Gasteiger partial charge in [-0.05, 0) is 130 Å². The Kier molecular flexibility index (Phi) is 16.9. The lowest BCUT2D eigenvalue weighted by atomic mass is 10.0. The Morgan fingerprint density at radius 2 is 1.68 bits per heavy atom. The van der Waals surface area contributed by atoms with Crippen LogP contribution in [0.4, 0.5) is 5.82 Å². The fourth-order valence-corrected chi connectivity index (χ4v) is 8.43. The van der Waals surface area contributed by atoms with Crippen molar-refractivity contribution in [1.82, 2.24) is 34.5 Å². The second kappa shape index (κ2) is 22.7. The first-order valence-electron chi connectivity index (χ1n) is 21.1. The molecule has 348 valence electrons. The summed E-state index contributed by atoms with van der Waals surface area (Å²) >= 11 is 3.40. The lowest BCUT2D eigenvalue weighted by molar-refractivity contribution is -0.138. The highest BCUT2D eigenvalue weighted by Crippen LogP contribution is 2.59. The van der Waals surface area contributed by atoms with Gasteiger partial charge in [0.05, 0.1) is 12.1 Å². The number of ether oxygens (including phenoxy) is 1. The van der Waals surface area contributed by atoms with Gasteiger partial charge in [-0.2, -0.15) is 5.10 Å². The molecule has 0 bridgehead atoms. The smallest absolute Gasteiger partial charge is 0.472 e. The summed E-state index contributed by atoms with van der Waals surface area (Å²) in [4.78, 5) is 80.4. The van der Waals surface area contributed by atoms with E-state index in [1.807, 2.05) is 31.1 Å². The van der Waals surface area contributed by atoms with Crippen molar-refractivity contribution in [2.45, 2.75) is 71.6 Å². The van der Waals surface area contributed by atoms with E-state index < -0.39 is 26.3 Å². The number of fused-ring (bicyclic) bond motifs is 2. The van der Waals surface area contributed by atoms with Crippen LogP contribution < -0.4 is 5.32 Å². The topological polar surface area (TPSA) is 208 Å². The van der Waals surface area contributed by atoms with Crippen LogP contribution in [0.5, 0.6) is 0 Å². The Bertz CT molecular complexity index is 3120. The van der Waals surface area contributed by atoms with Crippen LogP contribution in [0.1, 0.15) is 61.9 Å². The number of hydrogen-bond acceptors (Lipinski definition) is 13. The Hall–Kier alpha value is -6.91. The number of nitrogens with one attached hydrogen (secondary N) is 1. The average Bonchev–Trinajstić information content (AvgIpc) is 3.66. The Labute approximate surface area is 400 Å². The van der Waals surface area contributed by atoms with Gasteiger partial charge in [-0.1, -0.05) is 24.8 Å². The maximum Gasteiger partial charge on any atom is 0.472 e. The lowest BCUT2D eigenvalue weighted by Gasteiger charge is -2.27. The highest BCUT2D eigenvalue weighted by Gasteiger charge is 2.64. The number of carbonyl (C=O) groups excluding carboxylic acids is 4. The standard InChI is InChI=1S/C49H46BrN8O9P/c1-7-8-9-10-11-12-13-14-15-16-33(2)65-23-24-66-68(63,64)67-32-38(60)19-22-44-51-28-37(29-52-44)35-17-20-40-39(25-35)46(34(3)59)55-57(40)31-45(61)58-41(26-49(4)27-42(49)58)48(62)54-47-36(30-56(5)6)18-21-43(50)53-47/h17-18,20-21,25,28-29,41-42H,1,19,22-24,26-27,30-32H2,2-6H3,(H,63,64)(H,53,54,62)/t41-,42+,49-/m0/s1. The zero-order valence-corrected chi connectivity index (χ0v) is 40.4. The van der Waals surface area contributed by atoms with Crippen LogP contribution in [-0.4, -0.2) is 109 Å². The van der Waals surface area contributed by atoms with E-state index in [2.05, 4.69) is 112 Å². The summed E-state index contributed by atoms with van der Waals surface area (Å²) in [6.45, 7) is 7.66. The van der Waals surface area contributed by atoms with E-state index in [9.17, 15) is 28.6 Å². The van der Waals surface area contributed by atoms with Crippen molar-refractivity contribution in [3.8, 4) is 11.1 Å². The maximum atomic E-state index is 14.2. The van der Waals surface area contributed by atoms with E-state index >= 15 is 0 Å². The molecule has 2 N–H and O–H groups in total. The number of amides is 2. The number of aromatic nitrogens is 5. The van der Waals surface area contributed by atoms with Crippen molar-refractivity contribution < 1.29 is 42.4 Å². The molecule has 68 heavy (non-hydrogen) atoms. The number of phosphoric acid groups is 1. The van der Waals surface area contributed by atoms with Crippen LogP contribution >= 0.6 is 23.8 Å². The fourth-order valence-electron chi connectivity index (χ4n) is 7.43. The quantitative estimate of drug-likeness (QED) is 0.0251. The van der Waals surface area contributed by atoms with E-state index in [1.54, 1.807) is 42.4 Å². The number of Topliss-reactive ketones (excluding diaryl/α,β-unsaturated/α-hetero) is 2. The summed E-state index contributed by atoms with van der Waals surface area (Å²) in [6, 6.07) is 8.27. The van der Waals surface area contributed by atoms with E-state index in [4.69, 9.17) is 13.8 Å². The van der Waals surface area contributed by atoms with Gasteiger partial charge in [-0.3, -0.25) is 32.9 Å². The molecule has 2 fully saturated rings. The normalized spacial score (nSPS) is 17.2. The third kappa shape index (κ3) is 13.6. The zero-order chi connectivity index (χ0) is 49.0. The van der Waals surface area contributed by atoms with E-state index in [-0.39, 0.29) is 73.1 Å². The molecular formula is C49H46BrN8O9P. The van der Waals surface area contributed by atoms with Crippen molar-refractivity contribution in [3.63, 3.8) is 0 Å². The maximum absolute atomic E-state index is 14.2. The summed E-state index contributed by atoms with van der Waals surface area (Å²) in [6.07, 6.45) is 4.52. The Balaban J connectivity index is 1.03. The zero-order valence-electron chi connectivity index (χ0n) is 37.9. The molecule has 2 amide bonds. The van der Waals surface area contributed by atoms with Crippen molar-refractivity contribution in [3.05, 3.63) is 134 Å². The fraction of sp³-hybridized carbons (Fsp3) is 0.347.